The SMILES string of the molecule is CSCCn1c(=NC(=O)C2=COCCO2)sc2cc(F)ccc21. The van der Waals surface area contributed by atoms with Crippen LogP contribution in [0.25, 0.3) is 10.2 Å². The number of benzene rings is 1. The van der Waals surface area contributed by atoms with E-state index in [-0.39, 0.29) is 11.6 Å². The first-order valence-corrected chi connectivity index (χ1v) is 9.21. The van der Waals surface area contributed by atoms with Crippen LogP contribution in [0.15, 0.2) is 35.2 Å². The monoisotopic (exact) mass is 354 g/mol. The van der Waals surface area contributed by atoms with Gasteiger partial charge in [0.1, 0.15) is 25.3 Å². The van der Waals surface area contributed by atoms with Gasteiger partial charge in [0.2, 0.25) is 5.76 Å². The van der Waals surface area contributed by atoms with Gasteiger partial charge in [-0.3, -0.25) is 4.79 Å². The molecule has 2 aromatic rings. The summed E-state index contributed by atoms with van der Waals surface area (Å²) in [6.45, 7) is 1.44. The van der Waals surface area contributed by atoms with E-state index in [4.69, 9.17) is 9.47 Å². The molecule has 0 saturated carbocycles. The Morgan fingerprint density at radius 3 is 3.09 bits per heavy atom. The molecule has 0 fully saturated rings. The summed E-state index contributed by atoms with van der Waals surface area (Å²) < 4.78 is 26.5. The average molecular weight is 354 g/mol. The number of carbonyl (C=O) groups excluding carboxylic acids is 1. The van der Waals surface area contributed by atoms with Crippen LogP contribution in [0.1, 0.15) is 0 Å². The van der Waals surface area contributed by atoms with Crippen LogP contribution in [0.4, 0.5) is 4.39 Å². The summed E-state index contributed by atoms with van der Waals surface area (Å²) in [6, 6.07) is 4.58. The Kier molecular flexibility index (Phi) is 5.02. The Morgan fingerprint density at radius 1 is 1.48 bits per heavy atom. The number of aromatic nitrogens is 1. The van der Waals surface area contributed by atoms with Crippen molar-refractivity contribution in [3.05, 3.63) is 40.8 Å². The molecule has 8 heteroatoms. The summed E-state index contributed by atoms with van der Waals surface area (Å²) in [6.07, 6.45) is 3.29. The Hall–Kier alpha value is -1.80. The fraction of sp³-hybridized carbons (Fsp3) is 0.333. The third-order valence-corrected chi connectivity index (χ3v) is 4.85. The number of carbonyl (C=O) groups is 1. The van der Waals surface area contributed by atoms with Crippen molar-refractivity contribution in [3.8, 4) is 0 Å². The van der Waals surface area contributed by atoms with Crippen LogP contribution in [0.5, 0.6) is 0 Å². The molecule has 1 aliphatic heterocycles. The van der Waals surface area contributed by atoms with E-state index in [1.54, 1.807) is 17.8 Å². The molecule has 0 N–H and O–H groups in total. The molecule has 0 saturated heterocycles. The van der Waals surface area contributed by atoms with E-state index in [0.29, 0.717) is 24.6 Å². The fourth-order valence-corrected chi connectivity index (χ4v) is 3.60. The lowest BCUT2D eigenvalue weighted by molar-refractivity contribution is -0.119. The lowest BCUT2D eigenvalue weighted by Crippen LogP contribution is -2.20. The molecular weight excluding hydrogens is 339 g/mol. The maximum atomic E-state index is 13.4. The van der Waals surface area contributed by atoms with Gasteiger partial charge in [0.25, 0.3) is 0 Å². The molecule has 0 aliphatic carbocycles. The standard InChI is InChI=1S/C15H15FN2O3S2/c1-22-7-4-18-11-3-2-10(16)8-13(11)23-15(18)17-14(19)12-9-20-5-6-21-12/h2-3,8-9H,4-7H2,1H3. The lowest BCUT2D eigenvalue weighted by atomic mass is 10.3. The molecule has 122 valence electrons. The second-order valence-electron chi connectivity index (χ2n) is 4.76. The molecule has 0 bridgehead atoms. The van der Waals surface area contributed by atoms with Crippen molar-refractivity contribution in [2.45, 2.75) is 6.54 Å². The van der Waals surface area contributed by atoms with Crippen LogP contribution in [0.2, 0.25) is 0 Å². The van der Waals surface area contributed by atoms with Crippen LogP contribution in [0.3, 0.4) is 0 Å². The van der Waals surface area contributed by atoms with Gasteiger partial charge in [0, 0.05) is 12.3 Å². The Bertz CT molecular complexity index is 826. The van der Waals surface area contributed by atoms with Crippen LogP contribution >= 0.6 is 23.1 Å². The molecule has 1 aliphatic rings. The molecule has 1 aromatic carbocycles. The Labute approximate surface area is 140 Å². The molecule has 1 amide bonds. The number of halogens is 1. The molecule has 2 heterocycles. The van der Waals surface area contributed by atoms with Crippen LogP contribution in [-0.2, 0) is 20.8 Å². The summed E-state index contributed by atoms with van der Waals surface area (Å²) >= 11 is 2.98. The molecule has 0 atom stereocenters. The number of hydrogen-bond donors (Lipinski definition) is 0. The average Bonchev–Trinajstić information content (AvgIpc) is 2.89. The zero-order valence-corrected chi connectivity index (χ0v) is 14.1. The maximum Gasteiger partial charge on any atom is 0.317 e. The quantitative estimate of drug-likeness (QED) is 0.847. The van der Waals surface area contributed by atoms with Crippen molar-refractivity contribution < 1.29 is 18.7 Å². The van der Waals surface area contributed by atoms with E-state index in [1.807, 2.05) is 10.8 Å². The number of amides is 1. The van der Waals surface area contributed by atoms with Crippen molar-refractivity contribution in [1.29, 1.82) is 0 Å². The first-order valence-electron chi connectivity index (χ1n) is 7.00. The molecule has 5 nitrogen and oxygen atoms in total. The van der Waals surface area contributed by atoms with Crippen LogP contribution in [0, 0.1) is 5.82 Å². The van der Waals surface area contributed by atoms with Gasteiger partial charge in [0.15, 0.2) is 4.80 Å². The highest BCUT2D eigenvalue weighted by molar-refractivity contribution is 7.98. The topological polar surface area (TPSA) is 52.8 Å². The van der Waals surface area contributed by atoms with Gasteiger partial charge in [-0.2, -0.15) is 16.8 Å². The fourth-order valence-electron chi connectivity index (χ4n) is 2.15. The predicted molar refractivity (Wildman–Crippen MR) is 88.7 cm³/mol. The highest BCUT2D eigenvalue weighted by Gasteiger charge is 2.15. The van der Waals surface area contributed by atoms with E-state index in [2.05, 4.69) is 4.99 Å². The van der Waals surface area contributed by atoms with E-state index in [9.17, 15) is 9.18 Å². The van der Waals surface area contributed by atoms with Gasteiger partial charge >= 0.3 is 5.91 Å². The normalized spacial score (nSPS) is 15.2. The summed E-state index contributed by atoms with van der Waals surface area (Å²) in [5.41, 5.74) is 0.867. The number of thioether (sulfide) groups is 1. The predicted octanol–water partition coefficient (Wildman–Crippen LogP) is 2.52. The third-order valence-electron chi connectivity index (χ3n) is 3.22. The third kappa shape index (κ3) is 3.59. The summed E-state index contributed by atoms with van der Waals surface area (Å²) in [7, 11) is 0. The molecule has 1 aromatic heterocycles. The molecular formula is C15H15FN2O3S2. The molecule has 0 radical (unpaired) electrons. The summed E-state index contributed by atoms with van der Waals surface area (Å²) in [5, 5.41) is 0. The Morgan fingerprint density at radius 2 is 2.35 bits per heavy atom. The minimum absolute atomic E-state index is 0.0938. The highest BCUT2D eigenvalue weighted by atomic mass is 32.2. The number of fused-ring (bicyclic) bond motifs is 1. The van der Waals surface area contributed by atoms with Gasteiger partial charge < -0.3 is 14.0 Å². The zero-order valence-electron chi connectivity index (χ0n) is 12.5. The smallest absolute Gasteiger partial charge is 0.317 e. The maximum absolute atomic E-state index is 13.4. The number of thiazole rings is 1. The van der Waals surface area contributed by atoms with Crippen molar-refractivity contribution >= 4 is 39.2 Å². The largest absolute Gasteiger partial charge is 0.494 e. The van der Waals surface area contributed by atoms with Gasteiger partial charge in [-0.15, -0.1) is 0 Å². The molecule has 3 rings (SSSR count). The van der Waals surface area contributed by atoms with E-state index >= 15 is 0 Å². The van der Waals surface area contributed by atoms with E-state index < -0.39 is 5.91 Å². The first-order chi connectivity index (χ1) is 11.2. The van der Waals surface area contributed by atoms with Crippen molar-refractivity contribution in [3.63, 3.8) is 0 Å². The summed E-state index contributed by atoms with van der Waals surface area (Å²) in [4.78, 5) is 16.9. The number of nitrogens with zero attached hydrogens (tertiary/aromatic N) is 2. The van der Waals surface area contributed by atoms with Crippen molar-refractivity contribution in [2.75, 3.05) is 25.2 Å². The van der Waals surface area contributed by atoms with Gasteiger partial charge in [0.05, 0.1) is 10.2 Å². The van der Waals surface area contributed by atoms with Gasteiger partial charge in [-0.25, -0.2) is 4.39 Å². The summed E-state index contributed by atoms with van der Waals surface area (Å²) in [5.74, 6) is 0.165. The van der Waals surface area contributed by atoms with Gasteiger partial charge in [-0.1, -0.05) is 11.3 Å². The number of rotatable bonds is 4. The molecule has 23 heavy (non-hydrogen) atoms. The minimum Gasteiger partial charge on any atom is -0.494 e. The van der Waals surface area contributed by atoms with Crippen molar-refractivity contribution in [2.24, 2.45) is 4.99 Å². The molecule has 0 unspecified atom stereocenters. The van der Waals surface area contributed by atoms with Crippen LogP contribution in [-0.4, -0.2) is 35.7 Å². The minimum atomic E-state index is -0.491. The lowest BCUT2D eigenvalue weighted by Gasteiger charge is -2.12. The van der Waals surface area contributed by atoms with Gasteiger partial charge in [-0.05, 0) is 24.5 Å². The molecule has 0 spiro atoms. The number of aryl methyl sites for hydroxylation is 1. The van der Waals surface area contributed by atoms with E-state index in [1.165, 1.54) is 29.7 Å². The van der Waals surface area contributed by atoms with Crippen LogP contribution < -0.4 is 4.80 Å². The second-order valence-corrected chi connectivity index (χ2v) is 6.75. The number of hydrogen-bond acceptors (Lipinski definition) is 5. The number of ether oxygens (including phenoxy) is 2. The van der Waals surface area contributed by atoms with Crippen molar-refractivity contribution in [1.82, 2.24) is 4.57 Å². The zero-order chi connectivity index (χ0) is 16.2. The first kappa shape index (κ1) is 16.1. The Balaban J connectivity index is 2.05. The van der Waals surface area contributed by atoms with E-state index in [0.717, 1.165) is 16.0 Å². The highest BCUT2D eigenvalue weighted by Crippen LogP contribution is 2.19. The second kappa shape index (κ2) is 7.18.